The highest BCUT2D eigenvalue weighted by molar-refractivity contribution is 6.06. The van der Waals surface area contributed by atoms with Gasteiger partial charge in [0.1, 0.15) is 6.04 Å². The number of esters is 1. The predicted molar refractivity (Wildman–Crippen MR) is 100 cm³/mol. The first-order valence-electron chi connectivity index (χ1n) is 9.27. The lowest BCUT2D eigenvalue weighted by molar-refractivity contribution is -0.125. The quantitative estimate of drug-likeness (QED) is 0.781. The third-order valence-electron chi connectivity index (χ3n) is 4.53. The minimum Gasteiger partial charge on any atom is -0.462 e. The third-order valence-corrected chi connectivity index (χ3v) is 4.53. The van der Waals surface area contributed by atoms with E-state index in [2.05, 4.69) is 15.6 Å². The van der Waals surface area contributed by atoms with E-state index in [0.29, 0.717) is 23.8 Å². The van der Waals surface area contributed by atoms with Gasteiger partial charge in [0.25, 0.3) is 0 Å². The smallest absolute Gasteiger partial charge is 0.338 e. The third kappa shape index (κ3) is 4.84. The number of aliphatic imine (C=N–C) groups is 1. The molecule has 27 heavy (non-hydrogen) atoms. The second-order valence-electron chi connectivity index (χ2n) is 6.56. The Kier molecular flexibility index (Phi) is 6.05. The molecule has 1 aromatic carbocycles. The number of nitrogens with zero attached hydrogens (tertiary/aromatic N) is 2. The van der Waals surface area contributed by atoms with Gasteiger partial charge >= 0.3 is 5.97 Å². The number of ether oxygens (including phenoxy) is 1. The van der Waals surface area contributed by atoms with Gasteiger partial charge in [-0.25, -0.2) is 9.79 Å². The number of benzene rings is 1. The van der Waals surface area contributed by atoms with Crippen molar-refractivity contribution < 1.29 is 19.1 Å². The van der Waals surface area contributed by atoms with Crippen molar-refractivity contribution >= 4 is 29.4 Å². The second-order valence-corrected chi connectivity index (χ2v) is 6.56. The Hall–Kier alpha value is -2.90. The van der Waals surface area contributed by atoms with Gasteiger partial charge in [-0.3, -0.25) is 14.9 Å². The molecule has 144 valence electrons. The average molecular weight is 372 g/mol. The van der Waals surface area contributed by atoms with Crippen LogP contribution in [0.15, 0.2) is 29.3 Å². The standard InChI is InChI=1S/C19H24N4O4/c1-2-27-18(26)13-6-8-14(9-7-13)20-17(25)15-12-16(24)22-19(21-15)23-10-4-3-5-11-23/h6-9,15H,2-5,10-12H2,1H3,(H,20,25)(H,21,22,24). The topological polar surface area (TPSA) is 100 Å². The van der Waals surface area contributed by atoms with E-state index in [4.69, 9.17) is 4.74 Å². The molecule has 2 N–H and O–H groups in total. The summed E-state index contributed by atoms with van der Waals surface area (Å²) in [6.07, 6.45) is 3.30. The molecular weight excluding hydrogens is 348 g/mol. The molecule has 1 fully saturated rings. The first-order valence-corrected chi connectivity index (χ1v) is 9.27. The van der Waals surface area contributed by atoms with E-state index in [1.54, 1.807) is 31.2 Å². The van der Waals surface area contributed by atoms with Crippen LogP contribution in [-0.4, -0.2) is 54.4 Å². The first kappa shape index (κ1) is 18.9. The van der Waals surface area contributed by atoms with E-state index >= 15 is 0 Å². The summed E-state index contributed by atoms with van der Waals surface area (Å²) in [4.78, 5) is 42.7. The fourth-order valence-corrected chi connectivity index (χ4v) is 3.12. The van der Waals surface area contributed by atoms with E-state index in [9.17, 15) is 14.4 Å². The summed E-state index contributed by atoms with van der Waals surface area (Å²) < 4.78 is 4.93. The fourth-order valence-electron chi connectivity index (χ4n) is 3.12. The van der Waals surface area contributed by atoms with E-state index in [-0.39, 0.29) is 18.2 Å². The molecular formula is C19H24N4O4. The van der Waals surface area contributed by atoms with Gasteiger partial charge in [-0.05, 0) is 50.5 Å². The summed E-state index contributed by atoms with van der Waals surface area (Å²) in [5.41, 5.74) is 0.950. The van der Waals surface area contributed by atoms with Crippen molar-refractivity contribution in [3.63, 3.8) is 0 Å². The zero-order chi connectivity index (χ0) is 19.2. The van der Waals surface area contributed by atoms with Crippen molar-refractivity contribution in [2.45, 2.75) is 38.6 Å². The molecule has 0 aliphatic carbocycles. The van der Waals surface area contributed by atoms with Gasteiger partial charge in [0, 0.05) is 18.8 Å². The lowest BCUT2D eigenvalue weighted by Gasteiger charge is -2.32. The molecule has 0 saturated carbocycles. The number of carbonyl (C=O) groups is 3. The second kappa shape index (κ2) is 8.66. The lowest BCUT2D eigenvalue weighted by Crippen LogP contribution is -2.51. The van der Waals surface area contributed by atoms with Crippen LogP contribution in [0.5, 0.6) is 0 Å². The molecule has 0 aromatic heterocycles. The molecule has 0 bridgehead atoms. The number of guanidine groups is 1. The van der Waals surface area contributed by atoms with Crippen molar-refractivity contribution in [2.24, 2.45) is 4.99 Å². The van der Waals surface area contributed by atoms with Crippen LogP contribution >= 0.6 is 0 Å². The molecule has 1 atom stereocenters. The van der Waals surface area contributed by atoms with Crippen LogP contribution in [-0.2, 0) is 14.3 Å². The highest BCUT2D eigenvalue weighted by Crippen LogP contribution is 2.15. The van der Waals surface area contributed by atoms with Crippen molar-refractivity contribution in [3.8, 4) is 0 Å². The molecule has 2 amide bonds. The molecule has 1 saturated heterocycles. The molecule has 2 heterocycles. The number of piperidine rings is 1. The average Bonchev–Trinajstić information content (AvgIpc) is 2.69. The molecule has 1 aromatic rings. The Bertz CT molecular complexity index is 739. The molecule has 0 spiro atoms. The summed E-state index contributed by atoms with van der Waals surface area (Å²) in [7, 11) is 0. The highest BCUT2D eigenvalue weighted by atomic mass is 16.5. The van der Waals surface area contributed by atoms with Crippen LogP contribution in [0.3, 0.4) is 0 Å². The van der Waals surface area contributed by atoms with Gasteiger partial charge in [-0.2, -0.15) is 0 Å². The summed E-state index contributed by atoms with van der Waals surface area (Å²) in [6, 6.07) is 5.66. The predicted octanol–water partition coefficient (Wildman–Crippen LogP) is 1.53. The minimum absolute atomic E-state index is 0.0179. The Morgan fingerprint density at radius 2 is 1.93 bits per heavy atom. The number of rotatable bonds is 4. The zero-order valence-corrected chi connectivity index (χ0v) is 15.4. The lowest BCUT2D eigenvalue weighted by atomic mass is 10.1. The van der Waals surface area contributed by atoms with Crippen LogP contribution < -0.4 is 10.6 Å². The van der Waals surface area contributed by atoms with E-state index in [1.807, 2.05) is 4.90 Å². The summed E-state index contributed by atoms with van der Waals surface area (Å²) in [6.45, 7) is 3.72. The van der Waals surface area contributed by atoms with E-state index in [0.717, 1.165) is 25.9 Å². The number of hydrogen-bond donors (Lipinski definition) is 2. The van der Waals surface area contributed by atoms with Gasteiger partial charge in [0.05, 0.1) is 18.6 Å². The normalized spacial score (nSPS) is 19.7. The molecule has 8 heteroatoms. The van der Waals surface area contributed by atoms with Crippen molar-refractivity contribution in [1.29, 1.82) is 0 Å². The van der Waals surface area contributed by atoms with Crippen LogP contribution in [0.25, 0.3) is 0 Å². The van der Waals surface area contributed by atoms with Crippen LogP contribution in [0, 0.1) is 0 Å². The molecule has 2 aliphatic heterocycles. The largest absolute Gasteiger partial charge is 0.462 e. The number of anilines is 1. The fraction of sp³-hybridized carbons (Fsp3) is 0.474. The number of likely N-dealkylation sites (tertiary alicyclic amines) is 1. The SMILES string of the molecule is CCOC(=O)c1ccc(NC(=O)C2CC(=O)NC(N3CCCCC3)=N2)cc1. The Labute approximate surface area is 158 Å². The number of carbonyl (C=O) groups excluding carboxylic acids is 3. The summed E-state index contributed by atoms with van der Waals surface area (Å²) >= 11 is 0. The van der Waals surface area contributed by atoms with E-state index in [1.165, 1.54) is 6.42 Å². The number of hydrogen-bond acceptors (Lipinski definition) is 6. The van der Waals surface area contributed by atoms with Gasteiger partial charge < -0.3 is 15.0 Å². The van der Waals surface area contributed by atoms with E-state index < -0.39 is 12.0 Å². The molecule has 8 nitrogen and oxygen atoms in total. The highest BCUT2D eigenvalue weighted by Gasteiger charge is 2.29. The maximum Gasteiger partial charge on any atom is 0.338 e. The Balaban J connectivity index is 1.65. The van der Waals surface area contributed by atoms with Gasteiger partial charge in [0.15, 0.2) is 0 Å². The van der Waals surface area contributed by atoms with Crippen LogP contribution in [0.2, 0.25) is 0 Å². The maximum absolute atomic E-state index is 12.6. The first-order chi connectivity index (χ1) is 13.1. The molecule has 2 aliphatic rings. The van der Waals surface area contributed by atoms with Crippen molar-refractivity contribution in [3.05, 3.63) is 29.8 Å². The number of nitrogens with one attached hydrogen (secondary N) is 2. The van der Waals surface area contributed by atoms with Crippen LogP contribution in [0.4, 0.5) is 5.69 Å². The van der Waals surface area contributed by atoms with Gasteiger partial charge in [-0.15, -0.1) is 0 Å². The van der Waals surface area contributed by atoms with Gasteiger partial charge in [0.2, 0.25) is 17.8 Å². The maximum atomic E-state index is 12.6. The summed E-state index contributed by atoms with van der Waals surface area (Å²) in [5, 5.41) is 5.53. The Morgan fingerprint density at radius 1 is 1.22 bits per heavy atom. The monoisotopic (exact) mass is 372 g/mol. The molecule has 1 unspecified atom stereocenters. The minimum atomic E-state index is -0.764. The van der Waals surface area contributed by atoms with Crippen molar-refractivity contribution in [1.82, 2.24) is 10.2 Å². The summed E-state index contributed by atoms with van der Waals surface area (Å²) in [5.74, 6) is -0.467. The van der Waals surface area contributed by atoms with Crippen LogP contribution in [0.1, 0.15) is 43.0 Å². The Morgan fingerprint density at radius 3 is 2.59 bits per heavy atom. The molecule has 3 rings (SSSR count). The molecule has 0 radical (unpaired) electrons. The van der Waals surface area contributed by atoms with Gasteiger partial charge in [-0.1, -0.05) is 0 Å². The number of amides is 2. The van der Waals surface area contributed by atoms with Crippen molar-refractivity contribution in [2.75, 3.05) is 25.0 Å². The zero-order valence-electron chi connectivity index (χ0n) is 15.4.